The third-order valence-electron chi connectivity index (χ3n) is 2.35. The molecule has 0 saturated heterocycles. The van der Waals surface area contributed by atoms with Crippen LogP contribution in [0.4, 0.5) is 0 Å². The number of methoxy groups -OCH3 is 1. The van der Waals surface area contributed by atoms with Gasteiger partial charge in [0.15, 0.2) is 0 Å². The third-order valence-corrected chi connectivity index (χ3v) is 2.35. The van der Waals surface area contributed by atoms with Crippen molar-refractivity contribution in [1.82, 2.24) is 0 Å². The second-order valence-corrected chi connectivity index (χ2v) is 4.71. The van der Waals surface area contributed by atoms with Crippen molar-refractivity contribution in [3.63, 3.8) is 0 Å². The summed E-state index contributed by atoms with van der Waals surface area (Å²) in [6.07, 6.45) is 1.73. The predicted octanol–water partition coefficient (Wildman–Crippen LogP) is 3.56. The molecule has 0 aliphatic heterocycles. The van der Waals surface area contributed by atoms with Gasteiger partial charge in [0, 0.05) is 6.07 Å². The summed E-state index contributed by atoms with van der Waals surface area (Å²) in [5.41, 5.74) is 1.25. The summed E-state index contributed by atoms with van der Waals surface area (Å²) in [7, 11) is 1.68. The highest BCUT2D eigenvalue weighted by Crippen LogP contribution is 2.33. The molecule has 0 heterocycles. The Morgan fingerprint density at radius 3 is 2.50 bits per heavy atom. The van der Waals surface area contributed by atoms with Gasteiger partial charge in [0.05, 0.1) is 7.11 Å². The maximum absolute atomic E-state index is 5.47. The molecule has 0 radical (unpaired) electrons. The maximum Gasteiger partial charge on any atom is 0.126 e. The Kier molecular flexibility index (Phi) is 3.99. The molecular weight excluding hydrogens is 200 g/mol. The van der Waals surface area contributed by atoms with E-state index in [1.165, 1.54) is 5.56 Å². The van der Waals surface area contributed by atoms with Crippen LogP contribution in [0.3, 0.4) is 0 Å². The van der Waals surface area contributed by atoms with Gasteiger partial charge >= 0.3 is 0 Å². The van der Waals surface area contributed by atoms with Crippen LogP contribution in [0.2, 0.25) is 0 Å². The zero-order valence-corrected chi connectivity index (χ0v) is 10.5. The summed E-state index contributed by atoms with van der Waals surface area (Å²) in [4.78, 5) is 0. The lowest BCUT2D eigenvalue weighted by Crippen LogP contribution is -2.12. The van der Waals surface area contributed by atoms with Crippen molar-refractivity contribution >= 4 is 0 Å². The Morgan fingerprint density at radius 1 is 1.31 bits per heavy atom. The number of hydrogen-bond acceptors (Lipinski definition) is 2. The standard InChI is InChI=1S/C14H20O2/c1-6-9-16-11-7-8-12(14(2,3)4)13(10-11)15-5/h6-8,10H,1,9H2,2-5H3. The van der Waals surface area contributed by atoms with Gasteiger partial charge in [0.1, 0.15) is 18.1 Å². The molecule has 0 saturated carbocycles. The lowest BCUT2D eigenvalue weighted by atomic mass is 9.86. The SMILES string of the molecule is C=CCOc1ccc(C(C)(C)C)c(OC)c1. The van der Waals surface area contributed by atoms with Crippen molar-refractivity contribution in [2.75, 3.05) is 13.7 Å². The van der Waals surface area contributed by atoms with Crippen molar-refractivity contribution in [2.24, 2.45) is 0 Å². The summed E-state index contributed by atoms with van der Waals surface area (Å²) in [6, 6.07) is 5.94. The monoisotopic (exact) mass is 220 g/mol. The molecule has 0 atom stereocenters. The van der Waals surface area contributed by atoms with E-state index in [4.69, 9.17) is 9.47 Å². The van der Waals surface area contributed by atoms with E-state index in [0.29, 0.717) is 6.61 Å². The van der Waals surface area contributed by atoms with Gasteiger partial charge in [-0.1, -0.05) is 39.5 Å². The van der Waals surface area contributed by atoms with Gasteiger partial charge in [0.2, 0.25) is 0 Å². The van der Waals surface area contributed by atoms with Crippen LogP contribution >= 0.6 is 0 Å². The van der Waals surface area contributed by atoms with Gasteiger partial charge in [-0.25, -0.2) is 0 Å². The molecule has 0 spiro atoms. The Labute approximate surface area is 97.9 Å². The van der Waals surface area contributed by atoms with Crippen LogP contribution in [0.15, 0.2) is 30.9 Å². The van der Waals surface area contributed by atoms with E-state index < -0.39 is 0 Å². The molecule has 0 aliphatic carbocycles. The Morgan fingerprint density at radius 2 is 2.00 bits per heavy atom. The smallest absolute Gasteiger partial charge is 0.126 e. The molecular formula is C14H20O2. The van der Waals surface area contributed by atoms with E-state index in [1.807, 2.05) is 12.1 Å². The molecule has 2 heteroatoms. The zero-order valence-electron chi connectivity index (χ0n) is 10.5. The van der Waals surface area contributed by atoms with E-state index in [-0.39, 0.29) is 5.41 Å². The first-order valence-electron chi connectivity index (χ1n) is 5.41. The van der Waals surface area contributed by atoms with Crippen LogP contribution in [-0.4, -0.2) is 13.7 Å². The van der Waals surface area contributed by atoms with Crippen molar-refractivity contribution in [1.29, 1.82) is 0 Å². The minimum Gasteiger partial charge on any atom is -0.496 e. The lowest BCUT2D eigenvalue weighted by molar-refractivity contribution is 0.354. The largest absolute Gasteiger partial charge is 0.496 e. The number of rotatable bonds is 4. The molecule has 0 bridgehead atoms. The first-order chi connectivity index (χ1) is 7.49. The van der Waals surface area contributed by atoms with Crippen molar-refractivity contribution < 1.29 is 9.47 Å². The van der Waals surface area contributed by atoms with Gasteiger partial charge in [-0.05, 0) is 17.0 Å². The highest BCUT2D eigenvalue weighted by molar-refractivity contribution is 5.44. The summed E-state index contributed by atoms with van der Waals surface area (Å²) in [5, 5.41) is 0. The van der Waals surface area contributed by atoms with Crippen LogP contribution < -0.4 is 9.47 Å². The number of ether oxygens (including phenoxy) is 2. The van der Waals surface area contributed by atoms with E-state index in [0.717, 1.165) is 11.5 Å². The number of benzene rings is 1. The van der Waals surface area contributed by atoms with Gasteiger partial charge in [0.25, 0.3) is 0 Å². The van der Waals surface area contributed by atoms with Gasteiger partial charge in [-0.2, -0.15) is 0 Å². The molecule has 0 fully saturated rings. The summed E-state index contributed by atoms with van der Waals surface area (Å²) >= 11 is 0. The maximum atomic E-state index is 5.47. The summed E-state index contributed by atoms with van der Waals surface area (Å²) < 4.78 is 10.9. The fourth-order valence-corrected chi connectivity index (χ4v) is 1.54. The quantitative estimate of drug-likeness (QED) is 0.722. The van der Waals surface area contributed by atoms with Crippen molar-refractivity contribution in [3.8, 4) is 11.5 Å². The van der Waals surface area contributed by atoms with Crippen LogP contribution in [0, 0.1) is 0 Å². The molecule has 0 unspecified atom stereocenters. The van der Waals surface area contributed by atoms with Gasteiger partial charge in [-0.15, -0.1) is 0 Å². The molecule has 88 valence electrons. The molecule has 0 aromatic heterocycles. The average Bonchev–Trinajstić information content (AvgIpc) is 2.24. The first kappa shape index (κ1) is 12.6. The van der Waals surface area contributed by atoms with Crippen LogP contribution in [0.1, 0.15) is 26.3 Å². The molecule has 0 N–H and O–H groups in total. The molecule has 1 rings (SSSR count). The molecule has 0 amide bonds. The van der Waals surface area contributed by atoms with E-state index in [2.05, 4.69) is 33.4 Å². The fraction of sp³-hybridized carbons (Fsp3) is 0.429. The van der Waals surface area contributed by atoms with E-state index in [1.54, 1.807) is 13.2 Å². The van der Waals surface area contributed by atoms with Crippen LogP contribution in [-0.2, 0) is 5.41 Å². The lowest BCUT2D eigenvalue weighted by Gasteiger charge is -2.22. The highest BCUT2D eigenvalue weighted by Gasteiger charge is 2.18. The van der Waals surface area contributed by atoms with Crippen LogP contribution in [0.5, 0.6) is 11.5 Å². The Hall–Kier alpha value is -1.44. The summed E-state index contributed by atoms with van der Waals surface area (Å²) in [5.74, 6) is 1.68. The third kappa shape index (κ3) is 3.02. The second kappa shape index (κ2) is 5.06. The number of hydrogen-bond donors (Lipinski definition) is 0. The Bertz CT molecular complexity index is 361. The van der Waals surface area contributed by atoms with Gasteiger partial charge < -0.3 is 9.47 Å². The highest BCUT2D eigenvalue weighted by atomic mass is 16.5. The molecule has 16 heavy (non-hydrogen) atoms. The minimum absolute atomic E-state index is 0.0717. The van der Waals surface area contributed by atoms with Gasteiger partial charge in [-0.3, -0.25) is 0 Å². The Balaban J connectivity index is 3.02. The topological polar surface area (TPSA) is 18.5 Å². The first-order valence-corrected chi connectivity index (χ1v) is 5.41. The van der Waals surface area contributed by atoms with E-state index in [9.17, 15) is 0 Å². The van der Waals surface area contributed by atoms with Crippen molar-refractivity contribution in [2.45, 2.75) is 26.2 Å². The zero-order chi connectivity index (χ0) is 12.2. The summed E-state index contributed by atoms with van der Waals surface area (Å²) in [6.45, 7) is 10.6. The second-order valence-electron chi connectivity index (χ2n) is 4.71. The van der Waals surface area contributed by atoms with Crippen LogP contribution in [0.25, 0.3) is 0 Å². The normalized spacial score (nSPS) is 11.0. The molecule has 0 aliphatic rings. The van der Waals surface area contributed by atoms with Crippen molar-refractivity contribution in [3.05, 3.63) is 36.4 Å². The van der Waals surface area contributed by atoms with E-state index >= 15 is 0 Å². The molecule has 2 nitrogen and oxygen atoms in total. The predicted molar refractivity (Wildman–Crippen MR) is 67.4 cm³/mol. The molecule has 1 aromatic rings. The molecule has 1 aromatic carbocycles. The average molecular weight is 220 g/mol. The minimum atomic E-state index is 0.0717. The fourth-order valence-electron chi connectivity index (χ4n) is 1.54.